The van der Waals surface area contributed by atoms with E-state index in [1.54, 1.807) is 6.07 Å². The van der Waals surface area contributed by atoms with Crippen LogP contribution in [-0.2, 0) is 6.42 Å². The second-order valence-corrected chi connectivity index (χ2v) is 7.07. The monoisotopic (exact) mass is 349 g/mol. The van der Waals surface area contributed by atoms with Crippen LogP contribution in [-0.4, -0.2) is 49.6 Å². The summed E-state index contributed by atoms with van der Waals surface area (Å²) in [5, 5.41) is 9.29. The maximum Gasteiger partial charge on any atom is 0.145 e. The zero-order valence-electron chi connectivity index (χ0n) is 15.7. The lowest BCUT2D eigenvalue weighted by molar-refractivity contribution is 0.153. The Bertz CT molecular complexity index is 773. The fourth-order valence-corrected chi connectivity index (χ4v) is 3.29. The smallest absolute Gasteiger partial charge is 0.145 e. The zero-order chi connectivity index (χ0) is 18.4. The van der Waals surface area contributed by atoms with Gasteiger partial charge >= 0.3 is 0 Å². The number of nitriles is 1. The van der Waals surface area contributed by atoms with Gasteiger partial charge in [0.15, 0.2) is 0 Å². The molecule has 1 fully saturated rings. The van der Waals surface area contributed by atoms with E-state index in [9.17, 15) is 5.26 Å². The summed E-state index contributed by atoms with van der Waals surface area (Å²) in [6, 6.07) is 16.0. The molecule has 1 heterocycles. The summed E-state index contributed by atoms with van der Waals surface area (Å²) < 4.78 is 6.13. The summed E-state index contributed by atoms with van der Waals surface area (Å²) in [6.07, 6.45) is 2.10. The van der Waals surface area contributed by atoms with E-state index in [2.05, 4.69) is 48.0 Å². The number of aryl methyl sites for hydroxylation is 2. The number of nitrogens with zero attached hydrogens (tertiary/aromatic N) is 3. The fourth-order valence-electron chi connectivity index (χ4n) is 3.29. The summed E-state index contributed by atoms with van der Waals surface area (Å²) in [5.74, 6) is 1.49. The number of para-hydroxylation sites is 1. The minimum Gasteiger partial charge on any atom is -0.456 e. The first-order valence-electron chi connectivity index (χ1n) is 9.33. The molecule has 136 valence electrons. The Labute approximate surface area is 156 Å². The van der Waals surface area contributed by atoms with E-state index in [-0.39, 0.29) is 0 Å². The van der Waals surface area contributed by atoms with Gasteiger partial charge in [-0.1, -0.05) is 24.3 Å². The molecule has 3 rings (SSSR count). The average molecular weight is 349 g/mol. The van der Waals surface area contributed by atoms with Crippen molar-refractivity contribution < 1.29 is 4.74 Å². The predicted octanol–water partition coefficient (Wildman–Crippen LogP) is 3.84. The van der Waals surface area contributed by atoms with Crippen molar-refractivity contribution in [2.24, 2.45) is 0 Å². The minimum absolute atomic E-state index is 0.567. The summed E-state index contributed by atoms with van der Waals surface area (Å²) in [7, 11) is 2.19. The van der Waals surface area contributed by atoms with Gasteiger partial charge in [-0.25, -0.2) is 0 Å². The lowest BCUT2D eigenvalue weighted by atomic mass is 10.1. The third-order valence-electron chi connectivity index (χ3n) is 4.97. The van der Waals surface area contributed by atoms with E-state index in [1.807, 2.05) is 18.2 Å². The van der Waals surface area contributed by atoms with Crippen LogP contribution in [0.2, 0.25) is 0 Å². The molecule has 0 atom stereocenters. The molecule has 0 unspecified atom stereocenters. The molecule has 0 amide bonds. The largest absolute Gasteiger partial charge is 0.456 e. The third kappa shape index (κ3) is 4.85. The van der Waals surface area contributed by atoms with E-state index in [0.717, 1.165) is 56.9 Å². The van der Waals surface area contributed by atoms with Crippen LogP contribution in [0.1, 0.15) is 23.1 Å². The standard InChI is InChI=1S/C22H27N3O/c1-18-9-10-19(7-5-11-25-14-12-24(2)13-15-25)22(16-18)26-21-8-4-3-6-20(21)17-23/h3-4,6,8-10,16H,5,7,11-15H2,1-2H3. The molecular weight excluding hydrogens is 322 g/mol. The first-order chi connectivity index (χ1) is 12.7. The molecule has 0 N–H and O–H groups in total. The Hall–Kier alpha value is -2.35. The van der Waals surface area contributed by atoms with Crippen molar-refractivity contribution in [3.8, 4) is 17.6 Å². The number of ether oxygens (including phenoxy) is 1. The van der Waals surface area contributed by atoms with Gasteiger partial charge in [-0.15, -0.1) is 0 Å². The van der Waals surface area contributed by atoms with Gasteiger partial charge in [-0.3, -0.25) is 0 Å². The van der Waals surface area contributed by atoms with Gasteiger partial charge < -0.3 is 14.5 Å². The molecular formula is C22H27N3O. The highest BCUT2D eigenvalue weighted by Crippen LogP contribution is 2.29. The Kier molecular flexibility index (Phi) is 6.27. The van der Waals surface area contributed by atoms with Crippen LogP contribution in [0, 0.1) is 18.3 Å². The molecule has 1 saturated heterocycles. The normalized spacial score (nSPS) is 15.6. The molecule has 1 aliphatic rings. The molecule has 0 saturated carbocycles. The summed E-state index contributed by atoms with van der Waals surface area (Å²) >= 11 is 0. The van der Waals surface area contributed by atoms with Crippen LogP contribution in [0.5, 0.6) is 11.5 Å². The Morgan fingerprint density at radius 1 is 1.04 bits per heavy atom. The van der Waals surface area contributed by atoms with E-state index in [0.29, 0.717) is 11.3 Å². The topological polar surface area (TPSA) is 39.5 Å². The minimum atomic E-state index is 0.567. The Morgan fingerprint density at radius 2 is 1.81 bits per heavy atom. The third-order valence-corrected chi connectivity index (χ3v) is 4.97. The lowest BCUT2D eigenvalue weighted by Gasteiger charge is -2.32. The van der Waals surface area contributed by atoms with Crippen molar-refractivity contribution in [3.63, 3.8) is 0 Å². The van der Waals surface area contributed by atoms with Gasteiger partial charge in [-0.05, 0) is 62.7 Å². The van der Waals surface area contributed by atoms with Gasteiger partial charge in [0.25, 0.3) is 0 Å². The van der Waals surface area contributed by atoms with Crippen molar-refractivity contribution in [1.29, 1.82) is 5.26 Å². The first-order valence-corrected chi connectivity index (χ1v) is 9.33. The predicted molar refractivity (Wildman–Crippen MR) is 105 cm³/mol. The molecule has 26 heavy (non-hydrogen) atoms. The van der Waals surface area contributed by atoms with Crippen LogP contribution in [0.3, 0.4) is 0 Å². The second kappa shape index (κ2) is 8.84. The molecule has 1 aliphatic heterocycles. The number of hydrogen-bond donors (Lipinski definition) is 0. The highest BCUT2D eigenvalue weighted by atomic mass is 16.5. The number of piperazine rings is 1. The van der Waals surface area contributed by atoms with Crippen LogP contribution in [0.25, 0.3) is 0 Å². The zero-order valence-corrected chi connectivity index (χ0v) is 15.7. The van der Waals surface area contributed by atoms with Gasteiger partial charge in [0.05, 0.1) is 5.56 Å². The fraction of sp³-hybridized carbons (Fsp3) is 0.409. The number of benzene rings is 2. The van der Waals surface area contributed by atoms with E-state index < -0.39 is 0 Å². The quantitative estimate of drug-likeness (QED) is 0.794. The molecule has 0 aromatic heterocycles. The van der Waals surface area contributed by atoms with Gasteiger partial charge in [-0.2, -0.15) is 5.26 Å². The molecule has 4 nitrogen and oxygen atoms in total. The average Bonchev–Trinajstić information content (AvgIpc) is 2.65. The molecule has 0 bridgehead atoms. The van der Waals surface area contributed by atoms with Crippen LogP contribution >= 0.6 is 0 Å². The number of hydrogen-bond acceptors (Lipinski definition) is 4. The van der Waals surface area contributed by atoms with Gasteiger partial charge in [0.2, 0.25) is 0 Å². The molecule has 0 spiro atoms. The van der Waals surface area contributed by atoms with Crippen molar-refractivity contribution in [2.75, 3.05) is 39.8 Å². The molecule has 0 radical (unpaired) electrons. The van der Waals surface area contributed by atoms with Crippen LogP contribution < -0.4 is 4.74 Å². The van der Waals surface area contributed by atoms with E-state index in [4.69, 9.17) is 4.74 Å². The van der Waals surface area contributed by atoms with E-state index >= 15 is 0 Å². The van der Waals surface area contributed by atoms with Gasteiger partial charge in [0.1, 0.15) is 17.6 Å². The highest BCUT2D eigenvalue weighted by Gasteiger charge is 2.14. The van der Waals surface area contributed by atoms with E-state index in [1.165, 1.54) is 5.56 Å². The van der Waals surface area contributed by atoms with Crippen LogP contribution in [0.4, 0.5) is 0 Å². The van der Waals surface area contributed by atoms with Crippen molar-refractivity contribution >= 4 is 0 Å². The second-order valence-electron chi connectivity index (χ2n) is 7.07. The SMILES string of the molecule is Cc1ccc(CCCN2CCN(C)CC2)c(Oc2ccccc2C#N)c1. The molecule has 0 aliphatic carbocycles. The van der Waals surface area contributed by atoms with Crippen molar-refractivity contribution in [1.82, 2.24) is 9.80 Å². The number of likely N-dealkylation sites (N-methyl/N-ethyl adjacent to an activating group) is 1. The van der Waals surface area contributed by atoms with Crippen LogP contribution in [0.15, 0.2) is 42.5 Å². The lowest BCUT2D eigenvalue weighted by Crippen LogP contribution is -2.44. The summed E-state index contributed by atoms with van der Waals surface area (Å²) in [4.78, 5) is 4.93. The van der Waals surface area contributed by atoms with Crippen molar-refractivity contribution in [3.05, 3.63) is 59.2 Å². The molecule has 4 heteroatoms. The maximum absolute atomic E-state index is 9.29. The maximum atomic E-state index is 9.29. The Morgan fingerprint density at radius 3 is 2.58 bits per heavy atom. The first kappa shape index (κ1) is 18.4. The molecule has 2 aromatic carbocycles. The summed E-state index contributed by atoms with van der Waals surface area (Å²) in [5.41, 5.74) is 2.94. The van der Waals surface area contributed by atoms with Crippen molar-refractivity contribution in [2.45, 2.75) is 19.8 Å². The molecule has 2 aromatic rings. The highest BCUT2D eigenvalue weighted by molar-refractivity contribution is 5.47. The summed E-state index contributed by atoms with van der Waals surface area (Å²) in [6.45, 7) is 7.81. The number of rotatable bonds is 6. The van der Waals surface area contributed by atoms with Gasteiger partial charge in [0, 0.05) is 26.2 Å². The Balaban J connectivity index is 1.65.